The first-order valence-corrected chi connectivity index (χ1v) is 10.2. The van der Waals surface area contributed by atoms with Crippen molar-refractivity contribution in [1.29, 1.82) is 0 Å². The number of rotatable bonds is 8. The summed E-state index contributed by atoms with van der Waals surface area (Å²) in [5.74, 6) is 1.07. The molecule has 160 valence electrons. The summed E-state index contributed by atoms with van der Waals surface area (Å²) in [6, 6.07) is 25.2. The maximum absolute atomic E-state index is 12.2. The number of nitrogens with one attached hydrogen (secondary N) is 1. The van der Waals surface area contributed by atoms with Gasteiger partial charge >= 0.3 is 0 Å². The highest BCUT2D eigenvalue weighted by Gasteiger charge is 2.18. The number of amides is 1. The maximum atomic E-state index is 12.2. The normalized spacial score (nSPS) is 11.3. The molecular formula is C26H28N2O3. The second-order valence-electron chi connectivity index (χ2n) is 8.14. The van der Waals surface area contributed by atoms with Crippen LogP contribution in [-0.2, 0) is 16.8 Å². The van der Waals surface area contributed by atoms with Gasteiger partial charge in [-0.2, -0.15) is 5.10 Å². The molecular weight excluding hydrogens is 388 g/mol. The summed E-state index contributed by atoms with van der Waals surface area (Å²) >= 11 is 0. The summed E-state index contributed by atoms with van der Waals surface area (Å²) in [5, 5.41) is 4.06. The number of carbonyl (C=O) groups is 1. The number of hydrogen-bond donors (Lipinski definition) is 1. The van der Waals surface area contributed by atoms with Gasteiger partial charge in [-0.25, -0.2) is 5.43 Å². The summed E-state index contributed by atoms with van der Waals surface area (Å²) in [6.45, 7) is 6.67. The Kier molecular flexibility index (Phi) is 7.44. The molecule has 0 fully saturated rings. The number of para-hydroxylation sites is 2. The minimum atomic E-state index is -0.331. The summed E-state index contributed by atoms with van der Waals surface area (Å²) in [4.78, 5) is 12.2. The maximum Gasteiger partial charge on any atom is 0.277 e. The van der Waals surface area contributed by atoms with Gasteiger partial charge in [0.15, 0.2) is 6.61 Å². The van der Waals surface area contributed by atoms with Gasteiger partial charge in [-0.05, 0) is 34.7 Å². The van der Waals surface area contributed by atoms with Crippen LogP contribution >= 0.6 is 0 Å². The lowest BCUT2D eigenvalue weighted by Crippen LogP contribution is -2.25. The molecule has 0 aliphatic carbocycles. The number of hydrogen-bond acceptors (Lipinski definition) is 4. The molecule has 5 heteroatoms. The third-order valence-corrected chi connectivity index (χ3v) is 4.60. The molecule has 0 atom stereocenters. The van der Waals surface area contributed by atoms with Gasteiger partial charge < -0.3 is 9.47 Å². The second-order valence-corrected chi connectivity index (χ2v) is 8.14. The van der Waals surface area contributed by atoms with E-state index in [1.165, 1.54) is 0 Å². The first-order valence-electron chi connectivity index (χ1n) is 10.2. The fourth-order valence-corrected chi connectivity index (χ4v) is 3.02. The van der Waals surface area contributed by atoms with E-state index in [-0.39, 0.29) is 17.9 Å². The summed E-state index contributed by atoms with van der Waals surface area (Å²) in [5.41, 5.74) is 5.34. The molecule has 0 bridgehead atoms. The highest BCUT2D eigenvalue weighted by Crippen LogP contribution is 2.30. The smallest absolute Gasteiger partial charge is 0.277 e. The summed E-state index contributed by atoms with van der Waals surface area (Å²) in [6.07, 6.45) is 1.57. The number of carbonyl (C=O) groups excluding carboxylic acids is 1. The molecule has 0 heterocycles. The van der Waals surface area contributed by atoms with Gasteiger partial charge in [-0.15, -0.1) is 0 Å². The van der Waals surface area contributed by atoms with Crippen LogP contribution in [0.25, 0.3) is 0 Å². The average Bonchev–Trinajstić information content (AvgIpc) is 2.77. The van der Waals surface area contributed by atoms with Gasteiger partial charge in [0.1, 0.15) is 18.1 Å². The third kappa shape index (κ3) is 6.71. The first-order chi connectivity index (χ1) is 14.9. The quantitative estimate of drug-likeness (QED) is 0.411. The van der Waals surface area contributed by atoms with Gasteiger partial charge in [-0.1, -0.05) is 81.4 Å². The molecule has 3 aromatic rings. The van der Waals surface area contributed by atoms with E-state index in [1.807, 2.05) is 78.9 Å². The monoisotopic (exact) mass is 416 g/mol. The molecule has 3 aromatic carbocycles. The molecule has 0 saturated heterocycles. The van der Waals surface area contributed by atoms with Crippen molar-refractivity contribution in [3.05, 3.63) is 95.6 Å². The average molecular weight is 417 g/mol. The van der Waals surface area contributed by atoms with Gasteiger partial charge in [0, 0.05) is 5.56 Å². The summed E-state index contributed by atoms with van der Waals surface area (Å²) < 4.78 is 11.6. The Labute approximate surface area is 183 Å². The minimum absolute atomic E-state index is 0.0747. The van der Waals surface area contributed by atoms with E-state index in [4.69, 9.17) is 9.47 Å². The van der Waals surface area contributed by atoms with E-state index in [2.05, 4.69) is 31.3 Å². The highest BCUT2D eigenvalue weighted by atomic mass is 16.5. The second kappa shape index (κ2) is 10.4. The number of hydrazone groups is 1. The van der Waals surface area contributed by atoms with Crippen LogP contribution in [0.5, 0.6) is 11.5 Å². The fourth-order valence-electron chi connectivity index (χ4n) is 3.02. The van der Waals surface area contributed by atoms with Crippen LogP contribution < -0.4 is 14.9 Å². The van der Waals surface area contributed by atoms with E-state index in [9.17, 15) is 4.79 Å². The lowest BCUT2D eigenvalue weighted by Gasteiger charge is -2.22. The Hall–Kier alpha value is -3.60. The van der Waals surface area contributed by atoms with Crippen molar-refractivity contribution in [2.75, 3.05) is 6.61 Å². The molecule has 5 nitrogen and oxygen atoms in total. The Morgan fingerprint density at radius 3 is 2.26 bits per heavy atom. The molecule has 31 heavy (non-hydrogen) atoms. The van der Waals surface area contributed by atoms with Gasteiger partial charge in [0.2, 0.25) is 0 Å². The largest absolute Gasteiger partial charge is 0.488 e. The van der Waals surface area contributed by atoms with Crippen molar-refractivity contribution in [2.24, 2.45) is 5.10 Å². The molecule has 0 aliphatic heterocycles. The lowest BCUT2D eigenvalue weighted by molar-refractivity contribution is -0.123. The highest BCUT2D eigenvalue weighted by molar-refractivity contribution is 5.85. The number of nitrogens with zero attached hydrogens (tertiary/aromatic N) is 1. The van der Waals surface area contributed by atoms with Crippen LogP contribution in [0.1, 0.15) is 37.5 Å². The molecule has 3 rings (SSSR count). The molecule has 0 radical (unpaired) electrons. The fraction of sp³-hybridized carbons (Fsp3) is 0.231. The van der Waals surface area contributed by atoms with Crippen molar-refractivity contribution >= 4 is 12.1 Å². The zero-order chi connectivity index (χ0) is 22.1. The molecule has 0 unspecified atom stereocenters. The molecule has 1 amide bonds. The van der Waals surface area contributed by atoms with Crippen LogP contribution in [-0.4, -0.2) is 18.7 Å². The standard InChI is InChI=1S/C26H28N2O3/c1-26(2,3)22-14-8-10-16-24(22)31-19-25(29)28-27-17-21-13-7-9-15-23(21)30-18-20-11-5-4-6-12-20/h4-17H,18-19H2,1-3H3,(H,28,29)/b27-17+. The Morgan fingerprint density at radius 1 is 0.871 bits per heavy atom. The summed E-state index contributed by atoms with van der Waals surface area (Å²) in [7, 11) is 0. The molecule has 0 spiro atoms. The van der Waals surface area contributed by atoms with Crippen molar-refractivity contribution in [3.8, 4) is 11.5 Å². The predicted octanol–water partition coefficient (Wildman–Crippen LogP) is 5.09. The minimum Gasteiger partial charge on any atom is -0.488 e. The van der Waals surface area contributed by atoms with E-state index in [0.29, 0.717) is 18.1 Å². The van der Waals surface area contributed by atoms with Crippen molar-refractivity contribution < 1.29 is 14.3 Å². The molecule has 0 aliphatic rings. The molecule has 1 N–H and O–H groups in total. The molecule has 0 aromatic heterocycles. The van der Waals surface area contributed by atoms with E-state index < -0.39 is 0 Å². The van der Waals surface area contributed by atoms with Crippen molar-refractivity contribution in [3.63, 3.8) is 0 Å². The van der Waals surface area contributed by atoms with Crippen LogP contribution in [0.2, 0.25) is 0 Å². The van der Waals surface area contributed by atoms with Gasteiger partial charge in [0.05, 0.1) is 6.21 Å². The first kappa shape index (κ1) is 22.1. The van der Waals surface area contributed by atoms with Crippen molar-refractivity contribution in [1.82, 2.24) is 5.43 Å². The van der Waals surface area contributed by atoms with Crippen LogP contribution in [0.15, 0.2) is 84.0 Å². The predicted molar refractivity (Wildman–Crippen MR) is 124 cm³/mol. The SMILES string of the molecule is CC(C)(C)c1ccccc1OCC(=O)N/N=C/c1ccccc1OCc1ccccc1. The van der Waals surface area contributed by atoms with Crippen molar-refractivity contribution in [2.45, 2.75) is 32.8 Å². The third-order valence-electron chi connectivity index (χ3n) is 4.60. The van der Waals surface area contributed by atoms with Gasteiger partial charge in [0.25, 0.3) is 5.91 Å². The lowest BCUT2D eigenvalue weighted by atomic mass is 9.86. The molecule has 0 saturated carbocycles. The Bertz CT molecular complexity index is 1020. The van der Waals surface area contributed by atoms with Crippen LogP contribution in [0.3, 0.4) is 0 Å². The van der Waals surface area contributed by atoms with Crippen LogP contribution in [0, 0.1) is 0 Å². The Morgan fingerprint density at radius 2 is 1.52 bits per heavy atom. The topological polar surface area (TPSA) is 59.9 Å². The zero-order valence-corrected chi connectivity index (χ0v) is 18.2. The van der Waals surface area contributed by atoms with E-state index in [0.717, 1.165) is 16.7 Å². The van der Waals surface area contributed by atoms with E-state index >= 15 is 0 Å². The zero-order valence-electron chi connectivity index (χ0n) is 18.2. The number of benzene rings is 3. The Balaban J connectivity index is 1.55. The van der Waals surface area contributed by atoms with Gasteiger partial charge in [-0.3, -0.25) is 4.79 Å². The van der Waals surface area contributed by atoms with E-state index in [1.54, 1.807) is 6.21 Å². The number of ether oxygens (including phenoxy) is 2. The van der Waals surface area contributed by atoms with Crippen LogP contribution in [0.4, 0.5) is 0 Å².